The Bertz CT molecular complexity index is 870. The number of fused-ring (bicyclic) bond motifs is 1. The summed E-state index contributed by atoms with van der Waals surface area (Å²) in [6.07, 6.45) is 2.00. The summed E-state index contributed by atoms with van der Waals surface area (Å²) in [4.78, 5) is 29.9. The number of likely N-dealkylation sites (tertiary alicyclic amines) is 2. The van der Waals surface area contributed by atoms with Crippen molar-refractivity contribution in [3.63, 3.8) is 0 Å². The molecule has 9 nitrogen and oxygen atoms in total. The summed E-state index contributed by atoms with van der Waals surface area (Å²) in [5, 5.41) is 13.2. The third-order valence-electron chi connectivity index (χ3n) is 5.59. The van der Waals surface area contributed by atoms with Crippen LogP contribution >= 0.6 is 0 Å². The molecule has 0 spiro atoms. The molecule has 2 aliphatic rings. The Kier molecular flexibility index (Phi) is 4.45. The van der Waals surface area contributed by atoms with Crippen LogP contribution < -0.4 is 4.90 Å². The molecule has 0 aliphatic carbocycles. The fourth-order valence-corrected chi connectivity index (χ4v) is 3.93. The minimum atomic E-state index is -0.197. The van der Waals surface area contributed by atoms with Crippen molar-refractivity contribution in [2.45, 2.75) is 25.2 Å². The molecule has 0 aromatic carbocycles. The molecule has 27 heavy (non-hydrogen) atoms. The monoisotopic (exact) mass is 371 g/mol. The maximum absolute atomic E-state index is 12.7. The van der Waals surface area contributed by atoms with Crippen LogP contribution in [0.25, 0.3) is 5.65 Å². The van der Waals surface area contributed by atoms with Crippen molar-refractivity contribution in [1.29, 1.82) is 0 Å². The van der Waals surface area contributed by atoms with Crippen LogP contribution in [0.4, 0.5) is 5.82 Å². The van der Waals surface area contributed by atoms with E-state index in [0.717, 1.165) is 30.1 Å². The lowest BCUT2D eigenvalue weighted by Crippen LogP contribution is -2.42. The van der Waals surface area contributed by atoms with Gasteiger partial charge in [0.05, 0.1) is 5.92 Å². The quantitative estimate of drug-likeness (QED) is 0.775. The molecule has 0 bridgehead atoms. The fraction of sp³-hybridized carbons (Fsp3) is 0.611. The summed E-state index contributed by atoms with van der Waals surface area (Å²) in [5.74, 6) is 1.90. The van der Waals surface area contributed by atoms with Gasteiger partial charge in [0, 0.05) is 53.1 Å². The van der Waals surface area contributed by atoms with Crippen LogP contribution in [0.1, 0.15) is 31.0 Å². The average Bonchev–Trinajstić information content (AvgIpc) is 3.24. The van der Waals surface area contributed by atoms with Gasteiger partial charge in [0.25, 0.3) is 0 Å². The van der Waals surface area contributed by atoms with Gasteiger partial charge in [-0.3, -0.25) is 9.59 Å². The van der Waals surface area contributed by atoms with Gasteiger partial charge in [-0.1, -0.05) is 0 Å². The molecule has 0 saturated carbocycles. The topological polar surface area (TPSA) is 86.9 Å². The number of hydrogen-bond acceptors (Lipinski definition) is 6. The zero-order valence-electron chi connectivity index (χ0n) is 16.0. The van der Waals surface area contributed by atoms with E-state index in [2.05, 4.69) is 15.3 Å². The van der Waals surface area contributed by atoms with Crippen LogP contribution in [0.15, 0.2) is 12.1 Å². The Balaban J connectivity index is 1.45. The minimum absolute atomic E-state index is 0.0564. The van der Waals surface area contributed by atoms with E-state index >= 15 is 0 Å². The predicted octanol–water partition coefficient (Wildman–Crippen LogP) is 0.375. The average molecular weight is 371 g/mol. The Labute approximate surface area is 157 Å². The molecule has 0 N–H and O–H groups in total. The highest BCUT2D eigenvalue weighted by molar-refractivity contribution is 5.89. The van der Waals surface area contributed by atoms with Crippen molar-refractivity contribution in [2.75, 3.05) is 45.7 Å². The normalized spacial score (nSPS) is 21.3. The van der Waals surface area contributed by atoms with Crippen LogP contribution in [-0.4, -0.2) is 82.2 Å². The van der Waals surface area contributed by atoms with Crippen LogP contribution in [0.2, 0.25) is 0 Å². The van der Waals surface area contributed by atoms with Crippen molar-refractivity contribution in [3.8, 4) is 0 Å². The van der Waals surface area contributed by atoms with Gasteiger partial charge >= 0.3 is 0 Å². The summed E-state index contributed by atoms with van der Waals surface area (Å²) in [6.45, 7) is 1.89. The fourth-order valence-electron chi connectivity index (χ4n) is 3.93. The highest BCUT2D eigenvalue weighted by Gasteiger charge is 2.36. The number of amides is 2. The highest BCUT2D eigenvalue weighted by Crippen LogP contribution is 2.29. The van der Waals surface area contributed by atoms with Gasteiger partial charge in [0.15, 0.2) is 11.5 Å². The number of hydrogen-bond donors (Lipinski definition) is 0. The van der Waals surface area contributed by atoms with Crippen molar-refractivity contribution in [3.05, 3.63) is 18.0 Å². The van der Waals surface area contributed by atoms with Gasteiger partial charge in [-0.2, -0.15) is 4.52 Å². The van der Waals surface area contributed by atoms with Gasteiger partial charge in [0.2, 0.25) is 11.8 Å². The molecule has 2 amide bonds. The molecule has 2 aromatic rings. The largest absolute Gasteiger partial charge is 0.361 e. The first-order chi connectivity index (χ1) is 12.9. The van der Waals surface area contributed by atoms with E-state index in [1.54, 1.807) is 11.9 Å². The number of rotatable bonds is 3. The zero-order valence-corrected chi connectivity index (χ0v) is 16.0. The number of anilines is 1. The number of piperidine rings is 1. The minimum Gasteiger partial charge on any atom is -0.361 e. The molecule has 0 radical (unpaired) electrons. The van der Waals surface area contributed by atoms with Gasteiger partial charge in [0.1, 0.15) is 5.82 Å². The Hall–Kier alpha value is -2.71. The molecule has 2 saturated heterocycles. The van der Waals surface area contributed by atoms with E-state index in [1.165, 1.54) is 0 Å². The van der Waals surface area contributed by atoms with Crippen molar-refractivity contribution in [2.24, 2.45) is 5.92 Å². The first-order valence-electron chi connectivity index (χ1n) is 9.36. The molecule has 1 unspecified atom stereocenters. The van der Waals surface area contributed by atoms with Gasteiger partial charge in [-0.05, 0) is 25.0 Å². The summed E-state index contributed by atoms with van der Waals surface area (Å²) in [5.41, 5.74) is 0.738. The smallest absolute Gasteiger partial charge is 0.227 e. The zero-order chi connectivity index (χ0) is 19.1. The molecule has 4 rings (SSSR count). The molecule has 144 valence electrons. The first kappa shape index (κ1) is 17.7. The SMILES string of the molecule is CN1CC(C(=O)N2CCC(c3nnc4ccc(N(C)C)nn34)CC2)CC1=O. The van der Waals surface area contributed by atoms with E-state index < -0.39 is 0 Å². The summed E-state index contributed by atoms with van der Waals surface area (Å²) >= 11 is 0. The maximum Gasteiger partial charge on any atom is 0.227 e. The van der Waals surface area contributed by atoms with Gasteiger partial charge in [-0.15, -0.1) is 15.3 Å². The summed E-state index contributed by atoms with van der Waals surface area (Å²) < 4.78 is 1.82. The third-order valence-corrected chi connectivity index (χ3v) is 5.59. The molecule has 2 aromatic heterocycles. The molecule has 2 aliphatic heterocycles. The summed E-state index contributed by atoms with van der Waals surface area (Å²) in [6, 6.07) is 3.85. The van der Waals surface area contributed by atoms with Crippen molar-refractivity contribution in [1.82, 2.24) is 29.6 Å². The number of carbonyl (C=O) groups excluding carboxylic acids is 2. The molecule has 9 heteroatoms. The van der Waals surface area contributed by atoms with Crippen molar-refractivity contribution < 1.29 is 9.59 Å². The van der Waals surface area contributed by atoms with Crippen molar-refractivity contribution >= 4 is 23.3 Å². The van der Waals surface area contributed by atoms with Crippen LogP contribution in [0, 0.1) is 5.92 Å². The molecule has 1 atom stereocenters. The second kappa shape index (κ2) is 6.79. The van der Waals surface area contributed by atoms with E-state index in [9.17, 15) is 9.59 Å². The Morgan fingerprint density at radius 1 is 1.19 bits per heavy atom. The number of nitrogens with zero attached hydrogens (tertiary/aromatic N) is 7. The molecule has 4 heterocycles. The first-order valence-corrected chi connectivity index (χ1v) is 9.36. The van der Waals surface area contributed by atoms with Crippen LogP contribution in [-0.2, 0) is 9.59 Å². The lowest BCUT2D eigenvalue weighted by atomic mass is 9.94. The summed E-state index contributed by atoms with van der Waals surface area (Å²) in [7, 11) is 5.66. The van der Waals surface area contributed by atoms with Gasteiger partial charge < -0.3 is 14.7 Å². The third kappa shape index (κ3) is 3.22. The van der Waals surface area contributed by atoms with Gasteiger partial charge in [-0.25, -0.2) is 0 Å². The Morgan fingerprint density at radius 2 is 1.93 bits per heavy atom. The standard InChI is InChI=1S/C18H25N7O2/c1-22(2)15-5-4-14-19-20-17(25(14)21-15)12-6-8-24(9-7-12)18(27)13-10-16(26)23(3)11-13/h4-5,12-13H,6-11H2,1-3H3. The Morgan fingerprint density at radius 3 is 2.56 bits per heavy atom. The number of aromatic nitrogens is 4. The van der Waals surface area contributed by atoms with E-state index in [-0.39, 0.29) is 23.7 Å². The van der Waals surface area contributed by atoms with E-state index in [4.69, 9.17) is 0 Å². The van der Waals surface area contributed by atoms with Crippen LogP contribution in [0.3, 0.4) is 0 Å². The lowest BCUT2D eigenvalue weighted by molar-refractivity contribution is -0.136. The van der Waals surface area contributed by atoms with E-state index in [0.29, 0.717) is 26.1 Å². The lowest BCUT2D eigenvalue weighted by Gasteiger charge is -2.32. The van der Waals surface area contributed by atoms with Crippen LogP contribution in [0.5, 0.6) is 0 Å². The van der Waals surface area contributed by atoms with E-state index in [1.807, 2.05) is 40.5 Å². The highest BCUT2D eigenvalue weighted by atomic mass is 16.2. The predicted molar refractivity (Wildman–Crippen MR) is 99.4 cm³/mol. The maximum atomic E-state index is 12.7. The second-order valence-corrected chi connectivity index (χ2v) is 7.69. The molecular formula is C18H25N7O2. The molecule has 2 fully saturated rings. The second-order valence-electron chi connectivity index (χ2n) is 7.69. The molecular weight excluding hydrogens is 346 g/mol. The number of carbonyl (C=O) groups is 2.